The first-order valence-corrected chi connectivity index (χ1v) is 18.7. The second kappa shape index (κ2) is 14.7. The Balaban J connectivity index is 1.16. The number of nitrogens with one attached hydrogen (secondary N) is 3. The van der Waals surface area contributed by atoms with Gasteiger partial charge in [0.15, 0.2) is 0 Å². The van der Waals surface area contributed by atoms with Gasteiger partial charge in [-0.05, 0) is 54.3 Å². The van der Waals surface area contributed by atoms with Gasteiger partial charge in [-0.25, -0.2) is 4.68 Å². The molecule has 1 aliphatic carbocycles. The van der Waals surface area contributed by atoms with Crippen LogP contribution >= 0.6 is 0 Å². The summed E-state index contributed by atoms with van der Waals surface area (Å²) in [5.74, 6) is -0.982. The molecule has 1 saturated carbocycles. The molecule has 2 bridgehead atoms. The molecule has 2 aromatic carbocycles. The third kappa shape index (κ3) is 7.78. The van der Waals surface area contributed by atoms with Crippen molar-refractivity contribution >= 4 is 17.7 Å². The summed E-state index contributed by atoms with van der Waals surface area (Å²) in [7, 11) is 0. The largest absolute Gasteiger partial charge is 0.391 e. The summed E-state index contributed by atoms with van der Waals surface area (Å²) in [6.07, 6.45) is 4.57. The highest BCUT2D eigenvalue weighted by Crippen LogP contribution is 2.48. The van der Waals surface area contributed by atoms with Gasteiger partial charge in [0.1, 0.15) is 30.5 Å². The van der Waals surface area contributed by atoms with Crippen LogP contribution in [0, 0.1) is 11.3 Å². The van der Waals surface area contributed by atoms with Crippen LogP contribution in [0.4, 0.5) is 0 Å². The molecule has 1 spiro atoms. The van der Waals surface area contributed by atoms with Crippen LogP contribution in [-0.2, 0) is 31.0 Å². The van der Waals surface area contributed by atoms with Crippen molar-refractivity contribution in [3.63, 3.8) is 0 Å². The van der Waals surface area contributed by atoms with Gasteiger partial charge in [-0.1, -0.05) is 80.6 Å². The van der Waals surface area contributed by atoms with Crippen molar-refractivity contribution in [3.05, 3.63) is 72.1 Å². The van der Waals surface area contributed by atoms with Crippen molar-refractivity contribution in [3.8, 4) is 11.1 Å². The highest BCUT2D eigenvalue weighted by molar-refractivity contribution is 5.93. The number of carbonyl (C=O) groups is 3. The zero-order chi connectivity index (χ0) is 36.6. The highest BCUT2D eigenvalue weighted by atomic mass is 16.6. The van der Waals surface area contributed by atoms with Crippen molar-refractivity contribution in [2.24, 2.45) is 17.1 Å². The Labute approximate surface area is 305 Å². The van der Waals surface area contributed by atoms with E-state index in [1.807, 2.05) is 81.6 Å². The number of rotatable bonds is 4. The molecule has 2 saturated heterocycles. The molecule has 4 heterocycles. The van der Waals surface area contributed by atoms with E-state index in [9.17, 15) is 19.5 Å². The Morgan fingerprint density at radius 1 is 1.02 bits per heavy atom. The Bertz CT molecular complexity index is 1740. The van der Waals surface area contributed by atoms with Crippen molar-refractivity contribution in [2.45, 2.75) is 101 Å². The molecule has 6 N–H and O–H groups in total. The number of hydrogen-bond donors (Lipinski definition) is 5. The fourth-order valence-corrected chi connectivity index (χ4v) is 7.90. The molecule has 13 heteroatoms. The molecule has 3 aromatic rings. The first-order valence-electron chi connectivity index (χ1n) is 18.7. The minimum absolute atomic E-state index is 0.00103. The van der Waals surface area contributed by atoms with Gasteiger partial charge in [0.25, 0.3) is 0 Å². The van der Waals surface area contributed by atoms with Crippen molar-refractivity contribution in [1.82, 2.24) is 35.8 Å². The van der Waals surface area contributed by atoms with Crippen molar-refractivity contribution in [2.75, 3.05) is 26.2 Å². The van der Waals surface area contributed by atoms with Crippen molar-refractivity contribution in [1.29, 1.82) is 0 Å². The molecular weight excluding hydrogens is 660 g/mol. The van der Waals surface area contributed by atoms with Crippen LogP contribution in [0.5, 0.6) is 0 Å². The molecule has 13 nitrogen and oxygen atoms in total. The van der Waals surface area contributed by atoms with Gasteiger partial charge >= 0.3 is 0 Å². The van der Waals surface area contributed by atoms with Gasteiger partial charge in [0, 0.05) is 50.0 Å². The van der Waals surface area contributed by atoms with E-state index in [0.29, 0.717) is 26.1 Å². The Kier molecular flexibility index (Phi) is 10.2. The quantitative estimate of drug-likeness (QED) is 0.253. The van der Waals surface area contributed by atoms with E-state index in [1.54, 1.807) is 4.68 Å². The minimum Gasteiger partial charge on any atom is -0.391 e. The van der Waals surface area contributed by atoms with Crippen LogP contribution in [0.15, 0.2) is 60.8 Å². The van der Waals surface area contributed by atoms with Gasteiger partial charge in [-0.2, -0.15) is 0 Å². The Morgan fingerprint density at radius 3 is 2.44 bits per heavy atom. The van der Waals surface area contributed by atoms with Crippen LogP contribution in [0.25, 0.3) is 11.1 Å². The van der Waals surface area contributed by atoms with E-state index in [2.05, 4.69) is 26.3 Å². The molecule has 278 valence electrons. The number of aliphatic hydroxyl groups excluding tert-OH is 1. The maximum atomic E-state index is 14.5. The summed E-state index contributed by atoms with van der Waals surface area (Å²) >= 11 is 0. The third-order valence-electron chi connectivity index (χ3n) is 11.2. The smallest absolute Gasteiger partial charge is 0.248 e. The summed E-state index contributed by atoms with van der Waals surface area (Å²) in [4.78, 5) is 43.9. The lowest BCUT2D eigenvalue weighted by Gasteiger charge is -2.35. The Morgan fingerprint density at radius 2 is 1.75 bits per heavy atom. The maximum absolute atomic E-state index is 14.5. The van der Waals surface area contributed by atoms with Gasteiger partial charge in [0.05, 0.1) is 11.8 Å². The Hall–Kier alpha value is -4.17. The number of carbonyl (C=O) groups excluding carboxylic acids is 3. The van der Waals surface area contributed by atoms with Crippen molar-refractivity contribution < 1.29 is 24.2 Å². The highest BCUT2D eigenvalue weighted by Gasteiger charge is 2.51. The monoisotopic (exact) mass is 712 g/mol. The van der Waals surface area contributed by atoms with E-state index >= 15 is 0 Å². The number of ether oxygens (including phenoxy) is 1. The lowest BCUT2D eigenvalue weighted by atomic mass is 9.85. The molecule has 2 unspecified atom stereocenters. The molecule has 3 fully saturated rings. The van der Waals surface area contributed by atoms with Crippen LogP contribution in [0.3, 0.4) is 0 Å². The van der Waals surface area contributed by atoms with Crippen LogP contribution in [0.2, 0.25) is 0 Å². The first-order chi connectivity index (χ1) is 25.0. The van der Waals surface area contributed by atoms with E-state index in [4.69, 9.17) is 10.5 Å². The number of fused-ring (bicyclic) bond motifs is 5. The van der Waals surface area contributed by atoms with E-state index in [-0.39, 0.29) is 54.9 Å². The van der Waals surface area contributed by atoms with Gasteiger partial charge < -0.3 is 31.1 Å². The minimum atomic E-state index is -0.962. The number of aromatic nitrogens is 3. The molecular formula is C39H52N8O5. The van der Waals surface area contributed by atoms with E-state index in [1.165, 1.54) is 4.90 Å². The summed E-state index contributed by atoms with van der Waals surface area (Å²) in [6, 6.07) is 15.3. The number of hydrogen-bond acceptors (Lipinski definition) is 9. The van der Waals surface area contributed by atoms with Gasteiger partial charge in [0.2, 0.25) is 17.7 Å². The van der Waals surface area contributed by atoms with Gasteiger partial charge in [-0.3, -0.25) is 19.7 Å². The number of nitrogens with two attached hydrogens (primary N) is 1. The molecule has 1 aromatic heterocycles. The normalized spacial score (nSPS) is 29.8. The van der Waals surface area contributed by atoms with E-state index in [0.717, 1.165) is 41.6 Å². The fourth-order valence-electron chi connectivity index (χ4n) is 7.90. The summed E-state index contributed by atoms with van der Waals surface area (Å²) in [5, 5.41) is 29.4. The predicted molar refractivity (Wildman–Crippen MR) is 195 cm³/mol. The third-order valence-corrected chi connectivity index (χ3v) is 11.2. The second-order valence-corrected chi connectivity index (χ2v) is 16.2. The number of epoxide rings is 1. The zero-order valence-electron chi connectivity index (χ0n) is 30.3. The number of benzene rings is 2. The molecule has 7 rings (SSSR count). The first kappa shape index (κ1) is 36.2. The van der Waals surface area contributed by atoms with Crippen LogP contribution in [0.1, 0.15) is 70.2 Å². The second-order valence-electron chi connectivity index (χ2n) is 16.2. The SMILES string of the molecule is CC(C)(C)[C@H]1C(=O)N2C[C@H](O)C[C@H]2C(=O)N[C@H](Cc2ccc(-c3ccccc3)cc2)C(=O)NCCC[C@H](CN)C2OC2NCC2(CC2)c2cn1nn2. The molecule has 4 aliphatic rings. The number of nitrogens with zero attached hydrogens (tertiary/aromatic N) is 4. The molecule has 0 radical (unpaired) electrons. The fraction of sp³-hybridized carbons (Fsp3) is 0.564. The number of aliphatic hydroxyl groups is 1. The summed E-state index contributed by atoms with van der Waals surface area (Å²) in [6.45, 7) is 7.42. The zero-order valence-corrected chi connectivity index (χ0v) is 30.3. The molecule has 52 heavy (non-hydrogen) atoms. The maximum Gasteiger partial charge on any atom is 0.248 e. The summed E-state index contributed by atoms with van der Waals surface area (Å²) in [5.41, 5.74) is 9.22. The predicted octanol–water partition coefficient (Wildman–Crippen LogP) is 2.05. The van der Waals surface area contributed by atoms with Crippen LogP contribution in [-0.4, -0.2) is 99.4 Å². The average Bonchev–Trinajstić information content (AvgIpc) is 3.99. The molecule has 7 atom stereocenters. The lowest BCUT2D eigenvalue weighted by molar-refractivity contribution is -0.144. The summed E-state index contributed by atoms with van der Waals surface area (Å²) < 4.78 is 7.65. The van der Waals surface area contributed by atoms with Crippen LogP contribution < -0.4 is 21.7 Å². The average molecular weight is 713 g/mol. The molecule has 3 amide bonds. The lowest BCUT2D eigenvalue weighted by Crippen LogP contribution is -2.55. The van der Waals surface area contributed by atoms with Gasteiger partial charge in [-0.15, -0.1) is 5.10 Å². The van der Waals surface area contributed by atoms with E-state index < -0.39 is 35.6 Å². The topological polar surface area (TPSA) is 180 Å². The standard InChI is InChI=1S/C39H52N8O5/c1-38(2,3)33-37(51)46-21-28(48)19-30(46)35(50)43-29(18-24-11-13-26(14-12-24)25-8-5-4-6-9-25)34(49)41-17-7-10-27(20-40)32-36(52-32)42-23-39(15-16-39)31-22-47(33)45-44-31/h4-6,8-9,11-14,22,27-30,32-33,36,42,48H,7,10,15-21,23,40H2,1-3H3,(H,41,49)(H,43,50)/t27-,28-,29-,30+,32?,33-,36?/m1/s1. The number of amides is 3. The molecule has 3 aliphatic heterocycles.